The molecule has 148 valence electrons. The molecule has 11 heteroatoms. The van der Waals surface area contributed by atoms with E-state index < -0.39 is 20.8 Å². The second kappa shape index (κ2) is 9.88. The number of thiocarbonyl (C=S) groups is 1. The molecule has 2 rings (SSSR count). The highest BCUT2D eigenvalue weighted by atomic mass is 35.6. The van der Waals surface area contributed by atoms with Gasteiger partial charge in [0.25, 0.3) is 5.69 Å². The highest BCUT2D eigenvalue weighted by Gasteiger charge is 2.34. The van der Waals surface area contributed by atoms with E-state index in [9.17, 15) is 14.9 Å². The molecule has 1 unspecified atom stereocenters. The van der Waals surface area contributed by atoms with Crippen LogP contribution in [0.1, 0.15) is 5.56 Å². The summed E-state index contributed by atoms with van der Waals surface area (Å²) in [5, 5.41) is 18.9. The summed E-state index contributed by atoms with van der Waals surface area (Å²) in [7, 11) is 0. The summed E-state index contributed by atoms with van der Waals surface area (Å²) < 4.78 is -1.93. The van der Waals surface area contributed by atoms with Gasteiger partial charge in [0.1, 0.15) is 11.9 Å². The number of alkyl halides is 3. The lowest BCUT2D eigenvalue weighted by molar-refractivity contribution is -0.383. The largest absolute Gasteiger partial charge is 0.339 e. The van der Waals surface area contributed by atoms with E-state index in [1.807, 2.05) is 6.07 Å². The van der Waals surface area contributed by atoms with Crippen LogP contribution in [0.2, 0.25) is 0 Å². The minimum atomic E-state index is -1.93. The van der Waals surface area contributed by atoms with E-state index in [0.717, 1.165) is 5.56 Å². The van der Waals surface area contributed by atoms with Crippen LogP contribution < -0.4 is 16.0 Å². The van der Waals surface area contributed by atoms with E-state index in [0.29, 0.717) is 0 Å². The molecule has 0 saturated heterocycles. The molecule has 0 aromatic heterocycles. The lowest BCUT2D eigenvalue weighted by atomic mass is 10.1. The van der Waals surface area contributed by atoms with Gasteiger partial charge in [-0.25, -0.2) is 0 Å². The minimum absolute atomic E-state index is 0.0642. The number of carbonyl (C=O) groups is 1. The highest BCUT2D eigenvalue weighted by Crippen LogP contribution is 2.29. The number of para-hydroxylation sites is 2. The summed E-state index contributed by atoms with van der Waals surface area (Å²) in [4.78, 5) is 22.8. The number of rotatable bonds is 6. The van der Waals surface area contributed by atoms with Gasteiger partial charge in [-0.2, -0.15) is 0 Å². The van der Waals surface area contributed by atoms with Crippen LogP contribution in [0.15, 0.2) is 54.6 Å². The van der Waals surface area contributed by atoms with Crippen LogP contribution in [0.25, 0.3) is 0 Å². The lowest BCUT2D eigenvalue weighted by Crippen LogP contribution is -2.56. The van der Waals surface area contributed by atoms with E-state index in [4.69, 9.17) is 47.0 Å². The molecule has 0 aliphatic heterocycles. The van der Waals surface area contributed by atoms with Crippen molar-refractivity contribution in [2.75, 3.05) is 5.32 Å². The number of nitro groups is 1. The first kappa shape index (κ1) is 22.2. The number of carbonyl (C=O) groups excluding carboxylic acids is 1. The monoisotopic (exact) mass is 460 g/mol. The zero-order valence-corrected chi connectivity index (χ0v) is 17.3. The molecule has 0 aliphatic rings. The highest BCUT2D eigenvalue weighted by molar-refractivity contribution is 7.80. The van der Waals surface area contributed by atoms with Gasteiger partial charge in [0.2, 0.25) is 9.70 Å². The lowest BCUT2D eigenvalue weighted by Gasteiger charge is -2.27. The average Bonchev–Trinajstić information content (AvgIpc) is 2.61. The normalized spacial score (nSPS) is 12.0. The maximum Gasteiger partial charge on any atom is 0.292 e. The Balaban J connectivity index is 2.05. The predicted octanol–water partition coefficient (Wildman–Crippen LogP) is 3.94. The van der Waals surface area contributed by atoms with E-state index in [2.05, 4.69) is 16.0 Å². The molecule has 7 nitrogen and oxygen atoms in total. The van der Waals surface area contributed by atoms with Gasteiger partial charge in [-0.3, -0.25) is 14.9 Å². The van der Waals surface area contributed by atoms with Gasteiger partial charge < -0.3 is 16.0 Å². The van der Waals surface area contributed by atoms with Crippen LogP contribution in [-0.4, -0.2) is 25.9 Å². The Bertz CT molecular complexity index is 862. The fraction of sp³-hybridized carbons (Fsp3) is 0.176. The molecule has 1 amide bonds. The summed E-state index contributed by atoms with van der Waals surface area (Å²) >= 11 is 22.9. The molecule has 2 aromatic rings. The van der Waals surface area contributed by atoms with Crippen LogP contribution >= 0.6 is 47.0 Å². The molecule has 0 radical (unpaired) electrons. The fourth-order valence-electron chi connectivity index (χ4n) is 2.22. The number of nitro benzene ring substituents is 1. The molecule has 28 heavy (non-hydrogen) atoms. The number of nitrogens with zero attached hydrogens (tertiary/aromatic N) is 1. The Morgan fingerprint density at radius 1 is 1.07 bits per heavy atom. The number of hydrogen-bond donors (Lipinski definition) is 3. The quantitative estimate of drug-likeness (QED) is 0.198. The topological polar surface area (TPSA) is 96.3 Å². The third-order valence-electron chi connectivity index (χ3n) is 3.46. The van der Waals surface area contributed by atoms with Crippen LogP contribution in [0.5, 0.6) is 0 Å². The summed E-state index contributed by atoms with van der Waals surface area (Å²) in [6.07, 6.45) is -1.10. The van der Waals surface area contributed by atoms with Crippen molar-refractivity contribution in [1.29, 1.82) is 0 Å². The number of amides is 1. The van der Waals surface area contributed by atoms with Crippen LogP contribution in [0.4, 0.5) is 11.4 Å². The number of hydrogen-bond acceptors (Lipinski definition) is 4. The van der Waals surface area contributed by atoms with Crippen molar-refractivity contribution in [1.82, 2.24) is 10.6 Å². The molecular formula is C17H15Cl3N4O3S. The maximum absolute atomic E-state index is 12.3. The van der Waals surface area contributed by atoms with Gasteiger partial charge in [0.15, 0.2) is 5.11 Å². The van der Waals surface area contributed by atoms with Gasteiger partial charge in [0.05, 0.1) is 11.3 Å². The standard InChI is InChI=1S/C17H15Cl3N4O3S/c18-17(19,20)15(22-14(25)10-11-6-2-1-3-7-11)23-16(28)21-12-8-4-5-9-13(12)24(26)27/h1-9,15H,10H2,(H,22,25)(H2,21,23,28). The van der Waals surface area contributed by atoms with Crippen molar-refractivity contribution in [3.63, 3.8) is 0 Å². The summed E-state index contributed by atoms with van der Waals surface area (Å²) in [5.41, 5.74) is 0.762. The third kappa shape index (κ3) is 6.79. The number of halogens is 3. The number of benzene rings is 2. The van der Waals surface area contributed by atoms with Gasteiger partial charge in [-0.1, -0.05) is 77.3 Å². The first-order valence-corrected chi connectivity index (χ1v) is 9.42. The van der Waals surface area contributed by atoms with Crippen molar-refractivity contribution in [3.8, 4) is 0 Å². The molecule has 0 bridgehead atoms. The Kier molecular flexibility index (Phi) is 7.82. The Labute approximate surface area is 181 Å². The second-order valence-electron chi connectivity index (χ2n) is 5.58. The van der Waals surface area contributed by atoms with Gasteiger partial charge in [-0.05, 0) is 23.8 Å². The van der Waals surface area contributed by atoms with E-state index in [-0.39, 0.29) is 22.9 Å². The Morgan fingerprint density at radius 2 is 1.68 bits per heavy atom. The van der Waals surface area contributed by atoms with Crippen LogP contribution in [-0.2, 0) is 11.2 Å². The maximum atomic E-state index is 12.3. The molecule has 0 spiro atoms. The van der Waals surface area contributed by atoms with Crippen molar-refractivity contribution >= 4 is 69.4 Å². The molecule has 1 atom stereocenters. The first-order valence-electron chi connectivity index (χ1n) is 7.88. The Hall–Kier alpha value is -2.13. The number of nitrogens with one attached hydrogen (secondary N) is 3. The smallest absolute Gasteiger partial charge is 0.292 e. The minimum Gasteiger partial charge on any atom is -0.339 e. The van der Waals surface area contributed by atoms with Crippen molar-refractivity contribution in [2.24, 2.45) is 0 Å². The van der Waals surface area contributed by atoms with Crippen LogP contribution in [0.3, 0.4) is 0 Å². The molecule has 3 N–H and O–H groups in total. The second-order valence-corrected chi connectivity index (χ2v) is 8.35. The van der Waals surface area contributed by atoms with Crippen molar-refractivity contribution in [2.45, 2.75) is 16.4 Å². The van der Waals surface area contributed by atoms with E-state index in [1.165, 1.54) is 18.2 Å². The molecule has 0 saturated carbocycles. The molecule has 2 aromatic carbocycles. The SMILES string of the molecule is O=C(Cc1ccccc1)NC(NC(=S)Nc1ccccc1[N+](=O)[O-])C(Cl)(Cl)Cl. The zero-order chi connectivity index (χ0) is 20.7. The summed E-state index contributed by atoms with van der Waals surface area (Å²) in [6.45, 7) is 0. The van der Waals surface area contributed by atoms with Gasteiger partial charge in [-0.15, -0.1) is 0 Å². The predicted molar refractivity (Wildman–Crippen MR) is 115 cm³/mol. The molecule has 0 heterocycles. The van der Waals surface area contributed by atoms with Crippen molar-refractivity contribution < 1.29 is 9.72 Å². The van der Waals surface area contributed by atoms with E-state index >= 15 is 0 Å². The molecule has 0 fully saturated rings. The fourth-order valence-corrected chi connectivity index (χ4v) is 2.78. The van der Waals surface area contributed by atoms with Crippen molar-refractivity contribution in [3.05, 3.63) is 70.3 Å². The number of anilines is 1. The Morgan fingerprint density at radius 3 is 2.29 bits per heavy atom. The van der Waals surface area contributed by atoms with Crippen LogP contribution in [0, 0.1) is 10.1 Å². The zero-order valence-electron chi connectivity index (χ0n) is 14.2. The molecular weight excluding hydrogens is 447 g/mol. The third-order valence-corrected chi connectivity index (χ3v) is 4.34. The van der Waals surface area contributed by atoms with E-state index in [1.54, 1.807) is 30.3 Å². The summed E-state index contributed by atoms with van der Waals surface area (Å²) in [6, 6.07) is 14.9. The van der Waals surface area contributed by atoms with Gasteiger partial charge >= 0.3 is 0 Å². The first-order chi connectivity index (χ1) is 13.2. The average molecular weight is 462 g/mol. The van der Waals surface area contributed by atoms with Gasteiger partial charge in [0, 0.05) is 6.07 Å². The molecule has 0 aliphatic carbocycles. The summed E-state index contributed by atoms with van der Waals surface area (Å²) in [5.74, 6) is -0.400.